The molecule has 1 aromatic rings. The number of carbonyl (C=O) groups is 2. The molecule has 6 nitrogen and oxygen atoms in total. The summed E-state index contributed by atoms with van der Waals surface area (Å²) in [7, 11) is 0. The van der Waals surface area contributed by atoms with Crippen molar-refractivity contribution in [2.75, 3.05) is 13.1 Å². The Labute approximate surface area is 142 Å². The van der Waals surface area contributed by atoms with Crippen molar-refractivity contribution < 1.29 is 32.6 Å². The Morgan fingerprint density at radius 1 is 1.40 bits per heavy atom. The van der Waals surface area contributed by atoms with Crippen LogP contribution < -0.4 is 10.1 Å². The zero-order valence-electron chi connectivity index (χ0n) is 13.5. The van der Waals surface area contributed by atoms with Gasteiger partial charge in [0.15, 0.2) is 0 Å². The van der Waals surface area contributed by atoms with Crippen LogP contribution in [0.25, 0.3) is 0 Å². The highest BCUT2D eigenvalue weighted by Gasteiger charge is 2.32. The molecule has 2 atom stereocenters. The molecule has 9 heteroatoms. The molecule has 0 bridgehead atoms. The molecule has 2 amide bonds. The Bertz CT molecular complexity index is 642. The van der Waals surface area contributed by atoms with Gasteiger partial charge in [0.05, 0.1) is 12.5 Å². The summed E-state index contributed by atoms with van der Waals surface area (Å²) in [4.78, 5) is 24.7. The standard InChI is InChI=1S/C16H19F3N2O4/c1-9-5-10(14(22)23)8-21(7-9)16(24)20-6-11-12(17)3-2-4-13(11)25-15(18)19/h2-4,9-10,15H,5-8H2,1H3,(H,20,24)(H,22,23). The number of hydrogen-bond donors (Lipinski definition) is 2. The minimum Gasteiger partial charge on any atom is -0.481 e. The summed E-state index contributed by atoms with van der Waals surface area (Å²) in [5, 5.41) is 11.6. The lowest BCUT2D eigenvalue weighted by Crippen LogP contribution is -2.49. The van der Waals surface area contributed by atoms with E-state index in [1.165, 1.54) is 17.0 Å². The minimum absolute atomic E-state index is 0.00629. The average molecular weight is 360 g/mol. The molecule has 1 aliphatic heterocycles. The van der Waals surface area contributed by atoms with Gasteiger partial charge >= 0.3 is 18.6 Å². The summed E-state index contributed by atoms with van der Waals surface area (Å²) in [6, 6.07) is 2.90. The van der Waals surface area contributed by atoms with Gasteiger partial charge in [0.25, 0.3) is 0 Å². The Morgan fingerprint density at radius 3 is 2.76 bits per heavy atom. The molecule has 1 aliphatic rings. The molecule has 0 aromatic heterocycles. The van der Waals surface area contributed by atoms with Crippen molar-refractivity contribution in [1.29, 1.82) is 0 Å². The fourth-order valence-corrected chi connectivity index (χ4v) is 2.89. The highest BCUT2D eigenvalue weighted by Crippen LogP contribution is 2.24. The van der Waals surface area contributed by atoms with Gasteiger partial charge in [-0.05, 0) is 24.5 Å². The van der Waals surface area contributed by atoms with E-state index in [9.17, 15) is 22.8 Å². The van der Waals surface area contributed by atoms with E-state index in [0.29, 0.717) is 13.0 Å². The molecule has 0 radical (unpaired) electrons. The van der Waals surface area contributed by atoms with E-state index in [1.54, 1.807) is 0 Å². The number of piperidine rings is 1. The van der Waals surface area contributed by atoms with E-state index in [4.69, 9.17) is 5.11 Å². The molecule has 0 aliphatic carbocycles. The number of alkyl halides is 2. The number of halogens is 3. The number of amides is 2. The van der Waals surface area contributed by atoms with Crippen molar-refractivity contribution in [3.63, 3.8) is 0 Å². The first-order valence-electron chi connectivity index (χ1n) is 7.75. The first kappa shape index (κ1) is 18.9. The van der Waals surface area contributed by atoms with Crippen LogP contribution in [0.5, 0.6) is 5.75 Å². The van der Waals surface area contributed by atoms with Gasteiger partial charge in [-0.25, -0.2) is 9.18 Å². The molecule has 1 heterocycles. The number of carboxylic acids is 1. The van der Waals surface area contributed by atoms with Gasteiger partial charge in [0, 0.05) is 18.7 Å². The van der Waals surface area contributed by atoms with Gasteiger partial charge in [0.2, 0.25) is 0 Å². The maximum Gasteiger partial charge on any atom is 0.387 e. The molecular weight excluding hydrogens is 341 g/mol. The van der Waals surface area contributed by atoms with Crippen molar-refractivity contribution in [2.45, 2.75) is 26.5 Å². The number of ether oxygens (including phenoxy) is 1. The summed E-state index contributed by atoms with van der Waals surface area (Å²) in [5.74, 6) is -2.78. The fraction of sp³-hybridized carbons (Fsp3) is 0.500. The number of aliphatic carboxylic acids is 1. The van der Waals surface area contributed by atoms with Crippen molar-refractivity contribution in [1.82, 2.24) is 10.2 Å². The zero-order valence-corrected chi connectivity index (χ0v) is 13.5. The SMILES string of the molecule is CC1CC(C(=O)O)CN(C(=O)NCc2c(F)cccc2OC(F)F)C1. The van der Waals surface area contributed by atoms with Crippen LogP contribution in [0.3, 0.4) is 0 Å². The third-order valence-corrected chi connectivity index (χ3v) is 4.00. The van der Waals surface area contributed by atoms with E-state index in [1.807, 2.05) is 6.92 Å². The molecule has 2 N–H and O–H groups in total. The Balaban J connectivity index is 2.03. The number of nitrogens with one attached hydrogen (secondary N) is 1. The van der Waals surface area contributed by atoms with Gasteiger partial charge < -0.3 is 20.1 Å². The summed E-state index contributed by atoms with van der Waals surface area (Å²) >= 11 is 0. The van der Waals surface area contributed by atoms with Crippen LogP contribution in [0.15, 0.2) is 18.2 Å². The summed E-state index contributed by atoms with van der Waals surface area (Å²) in [6.07, 6.45) is 0.471. The lowest BCUT2D eigenvalue weighted by atomic mass is 9.91. The average Bonchev–Trinajstić information content (AvgIpc) is 2.52. The summed E-state index contributed by atoms with van der Waals surface area (Å²) < 4.78 is 42.9. The van der Waals surface area contributed by atoms with Gasteiger partial charge in [-0.2, -0.15) is 8.78 Å². The van der Waals surface area contributed by atoms with Gasteiger partial charge in [-0.1, -0.05) is 13.0 Å². The van der Waals surface area contributed by atoms with Gasteiger partial charge in [-0.15, -0.1) is 0 Å². The molecule has 1 aromatic carbocycles. The lowest BCUT2D eigenvalue weighted by molar-refractivity contribution is -0.143. The van der Waals surface area contributed by atoms with Crippen molar-refractivity contribution in [3.8, 4) is 5.75 Å². The van der Waals surface area contributed by atoms with Crippen LogP contribution in [-0.2, 0) is 11.3 Å². The smallest absolute Gasteiger partial charge is 0.387 e. The topological polar surface area (TPSA) is 78.9 Å². The van der Waals surface area contributed by atoms with Crippen molar-refractivity contribution in [2.24, 2.45) is 11.8 Å². The molecule has 1 saturated heterocycles. The summed E-state index contributed by atoms with van der Waals surface area (Å²) in [6.45, 7) is -1.22. The highest BCUT2D eigenvalue weighted by atomic mass is 19.3. The van der Waals surface area contributed by atoms with Crippen molar-refractivity contribution in [3.05, 3.63) is 29.6 Å². The van der Waals surface area contributed by atoms with E-state index in [-0.39, 0.29) is 30.3 Å². The molecular formula is C16H19F3N2O4. The third kappa shape index (κ3) is 5.01. The second-order valence-corrected chi connectivity index (χ2v) is 6.03. The molecule has 2 rings (SSSR count). The monoisotopic (exact) mass is 360 g/mol. The largest absolute Gasteiger partial charge is 0.481 e. The Hall–Kier alpha value is -2.45. The number of likely N-dealkylation sites (tertiary alicyclic amines) is 1. The summed E-state index contributed by atoms with van der Waals surface area (Å²) in [5.41, 5.74) is -0.198. The maximum absolute atomic E-state index is 13.9. The quantitative estimate of drug-likeness (QED) is 0.846. The lowest BCUT2D eigenvalue weighted by Gasteiger charge is -2.34. The Kier molecular flexibility index (Phi) is 6.11. The number of nitrogens with zero attached hydrogens (tertiary/aromatic N) is 1. The normalized spacial score (nSPS) is 20.4. The maximum atomic E-state index is 13.9. The zero-order chi connectivity index (χ0) is 18.6. The predicted molar refractivity (Wildman–Crippen MR) is 81.7 cm³/mol. The number of benzene rings is 1. The number of carboxylic acid groups (broad SMARTS) is 1. The molecule has 0 spiro atoms. The van der Waals surface area contributed by atoms with Crippen LogP contribution in [0, 0.1) is 17.7 Å². The van der Waals surface area contributed by atoms with E-state index < -0.39 is 30.3 Å². The second kappa shape index (κ2) is 8.09. The second-order valence-electron chi connectivity index (χ2n) is 6.03. The first-order chi connectivity index (χ1) is 11.8. The van der Waals surface area contributed by atoms with Gasteiger partial charge in [-0.3, -0.25) is 4.79 Å². The third-order valence-electron chi connectivity index (χ3n) is 4.00. The van der Waals surface area contributed by atoms with Crippen LogP contribution in [0.2, 0.25) is 0 Å². The van der Waals surface area contributed by atoms with E-state index in [0.717, 1.165) is 6.07 Å². The highest BCUT2D eigenvalue weighted by molar-refractivity contribution is 5.76. The Morgan fingerprint density at radius 2 is 2.12 bits per heavy atom. The number of urea groups is 1. The minimum atomic E-state index is -3.12. The molecule has 1 fully saturated rings. The van der Waals surface area contributed by atoms with Crippen LogP contribution >= 0.6 is 0 Å². The number of hydrogen-bond acceptors (Lipinski definition) is 3. The molecule has 0 saturated carbocycles. The predicted octanol–water partition coefficient (Wildman–Crippen LogP) is 2.68. The molecule has 2 unspecified atom stereocenters. The van der Waals surface area contributed by atoms with Crippen LogP contribution in [0.4, 0.5) is 18.0 Å². The van der Waals surface area contributed by atoms with Gasteiger partial charge in [0.1, 0.15) is 11.6 Å². The van der Waals surface area contributed by atoms with Crippen LogP contribution in [0.1, 0.15) is 18.9 Å². The van der Waals surface area contributed by atoms with Crippen molar-refractivity contribution >= 4 is 12.0 Å². The number of rotatable bonds is 5. The van der Waals surface area contributed by atoms with E-state index >= 15 is 0 Å². The first-order valence-corrected chi connectivity index (χ1v) is 7.75. The number of carbonyl (C=O) groups excluding carboxylic acids is 1. The van der Waals surface area contributed by atoms with E-state index in [2.05, 4.69) is 10.1 Å². The fourth-order valence-electron chi connectivity index (χ4n) is 2.89. The molecule has 138 valence electrons. The molecule has 25 heavy (non-hydrogen) atoms. The van der Waals surface area contributed by atoms with Crippen LogP contribution in [-0.4, -0.2) is 41.7 Å².